The molecule has 1 amide bonds. The summed E-state index contributed by atoms with van der Waals surface area (Å²) in [4.78, 5) is 24.4. The minimum atomic E-state index is -0.344. The smallest absolute Gasteiger partial charge is 0.267 e. The highest BCUT2D eigenvalue weighted by atomic mass is 16.5. The topological polar surface area (TPSA) is 82.5 Å². The predicted molar refractivity (Wildman–Crippen MR) is 115 cm³/mol. The predicted octanol–water partition coefficient (Wildman–Crippen LogP) is 2.73. The Balaban J connectivity index is 1.57. The zero-order valence-electron chi connectivity index (χ0n) is 17.3. The number of amides is 1. The Morgan fingerprint density at radius 3 is 2.53 bits per heavy atom. The fraction of sp³-hybridized carbons (Fsp3) is 0.261. The molecule has 0 atom stereocenters. The van der Waals surface area contributed by atoms with Crippen molar-refractivity contribution >= 4 is 5.91 Å². The second-order valence-electron chi connectivity index (χ2n) is 6.97. The summed E-state index contributed by atoms with van der Waals surface area (Å²) in [6, 6.07) is 16.3. The van der Waals surface area contributed by atoms with Gasteiger partial charge in [-0.2, -0.15) is 5.10 Å². The van der Waals surface area contributed by atoms with Crippen LogP contribution in [0.3, 0.4) is 0 Å². The molecule has 3 aromatic rings. The summed E-state index contributed by atoms with van der Waals surface area (Å²) in [5, 5.41) is 7.06. The van der Waals surface area contributed by atoms with Crippen LogP contribution in [0.5, 0.6) is 11.5 Å². The lowest BCUT2D eigenvalue weighted by molar-refractivity contribution is -0.122. The van der Waals surface area contributed by atoms with Crippen LogP contribution in [-0.4, -0.2) is 35.9 Å². The molecule has 7 nitrogen and oxygen atoms in total. The standard InChI is InChI=1S/C23H25N3O4/c1-16-11-17(2)13-20(12-16)30-10-9-24-22(27)15-26-23(28)8-7-21(25-26)18-5-4-6-19(14-18)29-3/h4-8,11-14H,9-10,15H2,1-3H3,(H,24,27). The fourth-order valence-corrected chi connectivity index (χ4v) is 3.07. The van der Waals surface area contributed by atoms with E-state index in [9.17, 15) is 9.59 Å². The third kappa shape index (κ3) is 5.70. The maximum absolute atomic E-state index is 12.2. The lowest BCUT2D eigenvalue weighted by atomic mass is 10.1. The van der Waals surface area contributed by atoms with E-state index < -0.39 is 0 Å². The molecule has 1 aromatic heterocycles. The SMILES string of the molecule is COc1cccc(-c2ccc(=O)n(CC(=O)NCCOc3cc(C)cc(C)c3)n2)c1. The molecule has 156 valence electrons. The average Bonchev–Trinajstić information content (AvgIpc) is 2.72. The molecule has 7 heteroatoms. The molecule has 0 radical (unpaired) electrons. The molecule has 0 spiro atoms. The van der Waals surface area contributed by atoms with Crippen LogP contribution in [0, 0.1) is 13.8 Å². The molecule has 0 aliphatic rings. The van der Waals surface area contributed by atoms with Gasteiger partial charge in [-0.3, -0.25) is 9.59 Å². The first-order chi connectivity index (χ1) is 14.4. The number of aryl methyl sites for hydroxylation is 2. The van der Waals surface area contributed by atoms with Crippen molar-refractivity contribution in [1.29, 1.82) is 0 Å². The number of aromatic nitrogens is 2. The van der Waals surface area contributed by atoms with Gasteiger partial charge in [-0.25, -0.2) is 4.68 Å². The molecule has 0 aliphatic carbocycles. The van der Waals surface area contributed by atoms with Gasteiger partial charge in [-0.05, 0) is 55.3 Å². The Morgan fingerprint density at radius 2 is 1.80 bits per heavy atom. The van der Waals surface area contributed by atoms with E-state index >= 15 is 0 Å². The molecule has 1 heterocycles. The third-order valence-corrected chi connectivity index (χ3v) is 4.41. The normalized spacial score (nSPS) is 10.5. The van der Waals surface area contributed by atoms with Gasteiger partial charge in [0.1, 0.15) is 24.7 Å². The maximum atomic E-state index is 12.2. The van der Waals surface area contributed by atoms with Crippen molar-refractivity contribution in [3.05, 3.63) is 76.1 Å². The summed E-state index contributed by atoms with van der Waals surface area (Å²) < 4.78 is 12.1. The van der Waals surface area contributed by atoms with Crippen molar-refractivity contribution in [2.24, 2.45) is 0 Å². The number of ether oxygens (including phenoxy) is 2. The van der Waals surface area contributed by atoms with E-state index in [0.29, 0.717) is 24.6 Å². The Labute approximate surface area is 175 Å². The number of rotatable bonds is 8. The fourth-order valence-electron chi connectivity index (χ4n) is 3.07. The number of benzene rings is 2. The van der Waals surface area contributed by atoms with Crippen molar-refractivity contribution in [2.45, 2.75) is 20.4 Å². The third-order valence-electron chi connectivity index (χ3n) is 4.41. The van der Waals surface area contributed by atoms with Crippen LogP contribution in [-0.2, 0) is 11.3 Å². The number of nitrogens with zero attached hydrogens (tertiary/aromatic N) is 2. The number of carbonyl (C=O) groups is 1. The van der Waals surface area contributed by atoms with Gasteiger partial charge in [0.15, 0.2) is 0 Å². The lowest BCUT2D eigenvalue weighted by Crippen LogP contribution is -2.35. The highest BCUT2D eigenvalue weighted by Gasteiger charge is 2.09. The van der Waals surface area contributed by atoms with Gasteiger partial charge in [0.2, 0.25) is 5.91 Å². The van der Waals surface area contributed by atoms with Gasteiger partial charge < -0.3 is 14.8 Å². The van der Waals surface area contributed by atoms with Crippen LogP contribution in [0.25, 0.3) is 11.3 Å². The molecule has 0 unspecified atom stereocenters. The van der Waals surface area contributed by atoms with E-state index in [0.717, 1.165) is 27.1 Å². The first-order valence-electron chi connectivity index (χ1n) is 9.65. The number of hydrogen-bond donors (Lipinski definition) is 1. The van der Waals surface area contributed by atoms with Gasteiger partial charge in [-0.15, -0.1) is 0 Å². The highest BCUT2D eigenvalue weighted by Crippen LogP contribution is 2.21. The summed E-state index contributed by atoms with van der Waals surface area (Å²) in [6.45, 7) is 4.51. The molecular weight excluding hydrogens is 382 g/mol. The Hall–Kier alpha value is -3.61. The molecule has 3 rings (SSSR count). The van der Waals surface area contributed by atoms with Crippen molar-refractivity contribution in [3.63, 3.8) is 0 Å². The molecule has 0 bridgehead atoms. The van der Waals surface area contributed by atoms with Crippen LogP contribution < -0.4 is 20.3 Å². The average molecular weight is 407 g/mol. The molecular formula is C23H25N3O4. The Bertz CT molecular complexity index is 1070. The Kier molecular flexibility index (Phi) is 6.85. The largest absolute Gasteiger partial charge is 0.497 e. The molecule has 1 N–H and O–H groups in total. The van der Waals surface area contributed by atoms with E-state index in [1.807, 2.05) is 50.2 Å². The van der Waals surface area contributed by atoms with Crippen molar-refractivity contribution in [1.82, 2.24) is 15.1 Å². The van der Waals surface area contributed by atoms with E-state index in [2.05, 4.69) is 16.5 Å². The van der Waals surface area contributed by atoms with Crippen molar-refractivity contribution in [2.75, 3.05) is 20.3 Å². The minimum Gasteiger partial charge on any atom is -0.497 e. The first-order valence-corrected chi connectivity index (χ1v) is 9.65. The lowest BCUT2D eigenvalue weighted by Gasteiger charge is -2.10. The molecule has 30 heavy (non-hydrogen) atoms. The van der Waals surface area contributed by atoms with Gasteiger partial charge in [0.05, 0.1) is 19.3 Å². The van der Waals surface area contributed by atoms with Gasteiger partial charge in [0, 0.05) is 11.6 Å². The van der Waals surface area contributed by atoms with Gasteiger partial charge in [-0.1, -0.05) is 18.2 Å². The summed E-state index contributed by atoms with van der Waals surface area (Å²) in [5.41, 5.74) is 3.28. The monoisotopic (exact) mass is 407 g/mol. The van der Waals surface area contributed by atoms with Crippen LogP contribution in [0.2, 0.25) is 0 Å². The highest BCUT2D eigenvalue weighted by molar-refractivity contribution is 5.75. The number of hydrogen-bond acceptors (Lipinski definition) is 5. The second kappa shape index (κ2) is 9.73. The maximum Gasteiger partial charge on any atom is 0.267 e. The first kappa shape index (κ1) is 21.1. The molecule has 0 fully saturated rings. The van der Waals surface area contributed by atoms with E-state index in [-0.39, 0.29) is 18.0 Å². The quantitative estimate of drug-likeness (QED) is 0.581. The van der Waals surface area contributed by atoms with Gasteiger partial charge >= 0.3 is 0 Å². The molecule has 2 aromatic carbocycles. The van der Waals surface area contributed by atoms with Crippen molar-refractivity contribution in [3.8, 4) is 22.8 Å². The zero-order valence-corrected chi connectivity index (χ0v) is 17.3. The van der Waals surface area contributed by atoms with Crippen LogP contribution in [0.4, 0.5) is 0 Å². The molecule has 0 saturated carbocycles. The second-order valence-corrected chi connectivity index (χ2v) is 6.97. The number of nitrogens with one attached hydrogen (secondary N) is 1. The zero-order chi connectivity index (χ0) is 21.5. The van der Waals surface area contributed by atoms with E-state index in [1.165, 1.54) is 6.07 Å². The summed E-state index contributed by atoms with van der Waals surface area (Å²) >= 11 is 0. The Morgan fingerprint density at radius 1 is 1.03 bits per heavy atom. The van der Waals surface area contributed by atoms with Crippen LogP contribution in [0.1, 0.15) is 11.1 Å². The summed E-state index contributed by atoms with van der Waals surface area (Å²) in [5.74, 6) is 1.15. The van der Waals surface area contributed by atoms with Crippen LogP contribution >= 0.6 is 0 Å². The van der Waals surface area contributed by atoms with E-state index in [4.69, 9.17) is 9.47 Å². The van der Waals surface area contributed by atoms with Crippen LogP contribution in [0.15, 0.2) is 59.4 Å². The van der Waals surface area contributed by atoms with E-state index in [1.54, 1.807) is 13.2 Å². The summed E-state index contributed by atoms with van der Waals surface area (Å²) in [6.07, 6.45) is 0. The number of carbonyl (C=O) groups excluding carboxylic acids is 1. The van der Waals surface area contributed by atoms with Crippen molar-refractivity contribution < 1.29 is 14.3 Å². The molecule has 0 saturated heterocycles. The summed E-state index contributed by atoms with van der Waals surface area (Å²) in [7, 11) is 1.58. The minimum absolute atomic E-state index is 0.166. The molecule has 0 aliphatic heterocycles. The van der Waals surface area contributed by atoms with Gasteiger partial charge in [0.25, 0.3) is 5.56 Å². The number of methoxy groups -OCH3 is 1.